The zero-order valence-corrected chi connectivity index (χ0v) is 7.82. The van der Waals surface area contributed by atoms with Crippen LogP contribution in [0.4, 0.5) is 0 Å². The average molecular weight is 189 g/mol. The predicted octanol–water partition coefficient (Wildman–Crippen LogP) is 1.15. The minimum absolute atomic E-state index is 0.0776. The number of carbonyl (C=O) groups excluding carboxylic acids is 1. The van der Waals surface area contributed by atoms with Crippen molar-refractivity contribution in [2.45, 2.75) is 13.0 Å². The lowest BCUT2D eigenvalue weighted by atomic mass is 10.1. The third-order valence-electron chi connectivity index (χ3n) is 2.24. The Balaban J connectivity index is 2.61. The minimum Gasteiger partial charge on any atom is -0.361 e. The summed E-state index contributed by atoms with van der Waals surface area (Å²) in [5.74, 6) is -0.0776. The monoisotopic (exact) mass is 189 g/mol. The van der Waals surface area contributed by atoms with Gasteiger partial charge < -0.3 is 10.7 Å². The zero-order valence-electron chi connectivity index (χ0n) is 7.82. The topological polar surface area (TPSA) is 71.8 Å². The molecule has 2 rings (SSSR count). The number of hydrogen-bond acceptors (Lipinski definition) is 3. The number of Topliss-reactive ketones (excluding diaryl/α,β-unsaturated/α-hetero) is 1. The van der Waals surface area contributed by atoms with E-state index in [0.29, 0.717) is 5.69 Å². The molecule has 0 unspecified atom stereocenters. The van der Waals surface area contributed by atoms with Gasteiger partial charge >= 0.3 is 0 Å². The lowest BCUT2D eigenvalue weighted by molar-refractivity contribution is -0.118. The molecule has 2 aromatic heterocycles. The van der Waals surface area contributed by atoms with E-state index in [1.165, 1.54) is 6.92 Å². The van der Waals surface area contributed by atoms with Crippen LogP contribution in [0.3, 0.4) is 0 Å². The number of aromatic amines is 1. The molecule has 1 atom stereocenters. The van der Waals surface area contributed by atoms with Crippen molar-refractivity contribution in [2.75, 3.05) is 0 Å². The highest BCUT2D eigenvalue weighted by atomic mass is 16.1. The molecule has 4 heteroatoms. The van der Waals surface area contributed by atoms with E-state index in [1.807, 2.05) is 18.3 Å². The fourth-order valence-electron chi connectivity index (χ4n) is 1.45. The molecule has 72 valence electrons. The van der Waals surface area contributed by atoms with Gasteiger partial charge in [0.15, 0.2) is 5.78 Å². The Hall–Kier alpha value is -1.68. The Morgan fingerprint density at radius 3 is 3.07 bits per heavy atom. The first kappa shape index (κ1) is 8.90. The lowest BCUT2D eigenvalue weighted by Gasteiger charge is -2.07. The van der Waals surface area contributed by atoms with Crippen molar-refractivity contribution in [1.29, 1.82) is 0 Å². The van der Waals surface area contributed by atoms with Gasteiger partial charge in [-0.2, -0.15) is 0 Å². The molecule has 14 heavy (non-hydrogen) atoms. The number of H-pyrrole nitrogens is 1. The molecular weight excluding hydrogens is 178 g/mol. The molecule has 0 bridgehead atoms. The van der Waals surface area contributed by atoms with Gasteiger partial charge in [-0.1, -0.05) is 0 Å². The van der Waals surface area contributed by atoms with Crippen LogP contribution in [0.25, 0.3) is 10.9 Å². The van der Waals surface area contributed by atoms with Gasteiger partial charge in [-0.05, 0) is 19.1 Å². The Kier molecular flexibility index (Phi) is 2.05. The number of rotatable bonds is 2. The van der Waals surface area contributed by atoms with E-state index in [0.717, 1.165) is 10.9 Å². The molecule has 4 nitrogen and oxygen atoms in total. The molecule has 0 aliphatic heterocycles. The van der Waals surface area contributed by atoms with Gasteiger partial charge in [0.1, 0.15) is 6.04 Å². The second-order valence-electron chi connectivity index (χ2n) is 3.22. The molecule has 0 fully saturated rings. The second-order valence-corrected chi connectivity index (χ2v) is 3.22. The SMILES string of the molecule is CC(=O)[C@@H](N)c1nccc2[nH]ccc12. The van der Waals surface area contributed by atoms with Crippen molar-refractivity contribution in [2.24, 2.45) is 5.73 Å². The van der Waals surface area contributed by atoms with E-state index < -0.39 is 6.04 Å². The fraction of sp³-hybridized carbons (Fsp3) is 0.200. The fourth-order valence-corrected chi connectivity index (χ4v) is 1.45. The molecule has 3 N–H and O–H groups in total. The van der Waals surface area contributed by atoms with E-state index in [-0.39, 0.29) is 5.78 Å². The number of aromatic nitrogens is 2. The standard InChI is InChI=1S/C10H11N3O/c1-6(14)9(11)10-7-2-4-12-8(7)3-5-13-10/h2-5,9,12H,11H2,1H3/t9-/m1/s1. The average Bonchev–Trinajstić information content (AvgIpc) is 2.63. The van der Waals surface area contributed by atoms with Crippen molar-refractivity contribution in [3.63, 3.8) is 0 Å². The maximum atomic E-state index is 11.1. The van der Waals surface area contributed by atoms with Crippen LogP contribution < -0.4 is 5.73 Å². The number of nitrogens with zero attached hydrogens (tertiary/aromatic N) is 1. The molecule has 0 amide bonds. The largest absolute Gasteiger partial charge is 0.361 e. The lowest BCUT2D eigenvalue weighted by Crippen LogP contribution is -2.19. The van der Waals surface area contributed by atoms with E-state index in [4.69, 9.17) is 5.73 Å². The van der Waals surface area contributed by atoms with E-state index >= 15 is 0 Å². The highest BCUT2D eigenvalue weighted by Crippen LogP contribution is 2.20. The van der Waals surface area contributed by atoms with Crippen LogP contribution in [0.5, 0.6) is 0 Å². The Bertz CT molecular complexity index is 475. The highest BCUT2D eigenvalue weighted by molar-refractivity contribution is 5.89. The quantitative estimate of drug-likeness (QED) is 0.744. The number of pyridine rings is 1. The van der Waals surface area contributed by atoms with Gasteiger partial charge in [-0.25, -0.2) is 0 Å². The van der Waals surface area contributed by atoms with Crippen LogP contribution in [0.1, 0.15) is 18.7 Å². The first-order chi connectivity index (χ1) is 6.70. The van der Waals surface area contributed by atoms with Crippen molar-refractivity contribution in [3.05, 3.63) is 30.2 Å². The summed E-state index contributed by atoms with van der Waals surface area (Å²) < 4.78 is 0. The molecule has 0 spiro atoms. The Labute approximate surface area is 81.1 Å². The van der Waals surface area contributed by atoms with Crippen LogP contribution in [0.2, 0.25) is 0 Å². The summed E-state index contributed by atoms with van der Waals surface area (Å²) in [6.45, 7) is 1.47. The Morgan fingerprint density at radius 2 is 2.36 bits per heavy atom. The van der Waals surface area contributed by atoms with E-state index in [9.17, 15) is 4.79 Å². The molecule has 0 saturated heterocycles. The van der Waals surface area contributed by atoms with Crippen LogP contribution in [-0.4, -0.2) is 15.8 Å². The maximum Gasteiger partial charge on any atom is 0.152 e. The first-order valence-corrected chi connectivity index (χ1v) is 4.38. The van der Waals surface area contributed by atoms with Gasteiger partial charge in [0.05, 0.1) is 5.69 Å². The summed E-state index contributed by atoms with van der Waals surface area (Å²) in [7, 11) is 0. The third-order valence-corrected chi connectivity index (χ3v) is 2.24. The van der Waals surface area contributed by atoms with E-state index in [1.54, 1.807) is 6.20 Å². The highest BCUT2D eigenvalue weighted by Gasteiger charge is 2.15. The molecule has 0 saturated carbocycles. The van der Waals surface area contributed by atoms with Crippen LogP contribution in [-0.2, 0) is 4.79 Å². The molecule has 2 heterocycles. The number of ketones is 1. The summed E-state index contributed by atoms with van der Waals surface area (Å²) in [6.07, 6.45) is 3.46. The van der Waals surface area contributed by atoms with E-state index in [2.05, 4.69) is 9.97 Å². The number of nitrogens with one attached hydrogen (secondary N) is 1. The van der Waals surface area contributed by atoms with Gasteiger partial charge in [0.2, 0.25) is 0 Å². The normalized spacial score (nSPS) is 13.0. The molecule has 0 aromatic carbocycles. The smallest absolute Gasteiger partial charge is 0.152 e. The molecule has 0 aliphatic rings. The molecule has 0 aliphatic carbocycles. The van der Waals surface area contributed by atoms with Crippen LogP contribution in [0, 0.1) is 0 Å². The predicted molar refractivity (Wildman–Crippen MR) is 53.7 cm³/mol. The second kappa shape index (κ2) is 3.23. The van der Waals surface area contributed by atoms with Gasteiger partial charge in [-0.3, -0.25) is 9.78 Å². The summed E-state index contributed by atoms with van der Waals surface area (Å²) in [4.78, 5) is 18.3. The van der Waals surface area contributed by atoms with Crippen molar-refractivity contribution >= 4 is 16.7 Å². The zero-order chi connectivity index (χ0) is 10.1. The minimum atomic E-state index is -0.630. The summed E-state index contributed by atoms with van der Waals surface area (Å²) in [5.41, 5.74) is 7.32. The molecular formula is C10H11N3O. The number of hydrogen-bond donors (Lipinski definition) is 2. The third kappa shape index (κ3) is 1.29. The van der Waals surface area contributed by atoms with Gasteiger partial charge in [-0.15, -0.1) is 0 Å². The number of nitrogens with two attached hydrogens (primary N) is 1. The first-order valence-electron chi connectivity index (χ1n) is 4.38. The number of fused-ring (bicyclic) bond motifs is 1. The van der Waals surface area contributed by atoms with Gasteiger partial charge in [0, 0.05) is 23.3 Å². The van der Waals surface area contributed by atoms with Crippen molar-refractivity contribution in [3.8, 4) is 0 Å². The molecule has 2 aromatic rings. The maximum absolute atomic E-state index is 11.1. The summed E-state index contributed by atoms with van der Waals surface area (Å²) >= 11 is 0. The van der Waals surface area contributed by atoms with Crippen LogP contribution in [0.15, 0.2) is 24.5 Å². The summed E-state index contributed by atoms with van der Waals surface area (Å²) in [5, 5.41) is 0.912. The number of carbonyl (C=O) groups is 1. The van der Waals surface area contributed by atoms with Crippen molar-refractivity contribution in [1.82, 2.24) is 9.97 Å². The Morgan fingerprint density at radius 1 is 1.57 bits per heavy atom. The van der Waals surface area contributed by atoms with Crippen LogP contribution >= 0.6 is 0 Å². The summed E-state index contributed by atoms with van der Waals surface area (Å²) in [6, 6.07) is 3.10. The molecule has 0 radical (unpaired) electrons. The van der Waals surface area contributed by atoms with Gasteiger partial charge in [0.25, 0.3) is 0 Å². The van der Waals surface area contributed by atoms with Crippen molar-refractivity contribution < 1.29 is 4.79 Å².